The summed E-state index contributed by atoms with van der Waals surface area (Å²) in [6, 6.07) is 6.91. The second-order valence-corrected chi connectivity index (χ2v) is 5.67. The molecule has 24 heavy (non-hydrogen) atoms. The fourth-order valence-electron chi connectivity index (χ4n) is 1.97. The van der Waals surface area contributed by atoms with Crippen molar-refractivity contribution in [3.05, 3.63) is 53.3 Å². The predicted molar refractivity (Wildman–Crippen MR) is 94.6 cm³/mol. The zero-order valence-corrected chi connectivity index (χ0v) is 14.1. The molecule has 0 aliphatic rings. The number of carbonyl (C=O) groups is 2. The van der Waals surface area contributed by atoms with Crippen molar-refractivity contribution in [2.24, 2.45) is 7.05 Å². The minimum absolute atomic E-state index is 0.0996. The Hall–Kier alpha value is -2.60. The zero-order valence-electron chi connectivity index (χ0n) is 13.3. The molecule has 126 valence electrons. The van der Waals surface area contributed by atoms with Crippen LogP contribution in [0, 0.1) is 0 Å². The Labute approximate surface area is 145 Å². The fraction of sp³-hybridized carbons (Fsp3) is 0.235. The minimum atomic E-state index is -0.197. The van der Waals surface area contributed by atoms with Crippen LogP contribution in [-0.4, -0.2) is 28.1 Å². The van der Waals surface area contributed by atoms with Crippen LogP contribution in [0.3, 0.4) is 0 Å². The van der Waals surface area contributed by atoms with Crippen molar-refractivity contribution in [2.45, 2.75) is 12.8 Å². The molecule has 0 atom stereocenters. The number of rotatable bonds is 7. The Bertz CT molecular complexity index is 722. The average molecular weight is 347 g/mol. The lowest BCUT2D eigenvalue weighted by Crippen LogP contribution is -2.23. The molecular formula is C17H19ClN4O2. The highest BCUT2D eigenvalue weighted by Crippen LogP contribution is 2.13. The van der Waals surface area contributed by atoms with E-state index in [1.54, 1.807) is 41.2 Å². The summed E-state index contributed by atoms with van der Waals surface area (Å²) < 4.78 is 1.66. The molecule has 0 bridgehead atoms. The van der Waals surface area contributed by atoms with E-state index in [2.05, 4.69) is 15.7 Å². The summed E-state index contributed by atoms with van der Waals surface area (Å²) in [5, 5.41) is 10.1. The molecule has 0 aliphatic heterocycles. The molecule has 2 amide bonds. The lowest BCUT2D eigenvalue weighted by Gasteiger charge is -2.05. The van der Waals surface area contributed by atoms with Gasteiger partial charge in [0.2, 0.25) is 11.8 Å². The number of halogens is 1. The van der Waals surface area contributed by atoms with Gasteiger partial charge < -0.3 is 10.6 Å². The molecule has 2 rings (SSSR count). The first kappa shape index (κ1) is 17.7. The Balaban J connectivity index is 1.63. The van der Waals surface area contributed by atoms with Gasteiger partial charge in [0.25, 0.3) is 0 Å². The maximum Gasteiger partial charge on any atom is 0.244 e. The summed E-state index contributed by atoms with van der Waals surface area (Å²) in [6.45, 7) is 0.435. The topological polar surface area (TPSA) is 76.0 Å². The monoisotopic (exact) mass is 346 g/mol. The van der Waals surface area contributed by atoms with Crippen molar-refractivity contribution in [2.75, 3.05) is 11.9 Å². The second-order valence-electron chi connectivity index (χ2n) is 5.23. The van der Waals surface area contributed by atoms with Crippen LogP contribution in [0.25, 0.3) is 6.08 Å². The largest absolute Gasteiger partial charge is 0.353 e. The van der Waals surface area contributed by atoms with Gasteiger partial charge >= 0.3 is 0 Å². The van der Waals surface area contributed by atoms with Crippen LogP contribution in [0.2, 0.25) is 5.02 Å². The molecule has 2 aromatic rings. The molecule has 0 radical (unpaired) electrons. The smallest absolute Gasteiger partial charge is 0.244 e. The summed E-state index contributed by atoms with van der Waals surface area (Å²) in [4.78, 5) is 23.4. The molecule has 1 aromatic carbocycles. The highest BCUT2D eigenvalue weighted by atomic mass is 35.5. The van der Waals surface area contributed by atoms with Gasteiger partial charge in [0.1, 0.15) is 0 Å². The number of carbonyl (C=O) groups excluding carboxylic acids is 2. The van der Waals surface area contributed by atoms with Crippen LogP contribution < -0.4 is 10.6 Å². The van der Waals surface area contributed by atoms with Gasteiger partial charge in [-0.25, -0.2) is 0 Å². The molecule has 6 nitrogen and oxygen atoms in total. The highest BCUT2D eigenvalue weighted by molar-refractivity contribution is 6.30. The molecule has 1 aromatic heterocycles. The first-order valence-electron chi connectivity index (χ1n) is 7.53. The number of amides is 2. The number of nitrogens with one attached hydrogen (secondary N) is 2. The van der Waals surface area contributed by atoms with Gasteiger partial charge in [-0.3, -0.25) is 14.3 Å². The number of nitrogens with zero attached hydrogens (tertiary/aromatic N) is 2. The number of anilines is 1. The third-order valence-corrected chi connectivity index (χ3v) is 3.41. The second kappa shape index (κ2) is 8.88. The van der Waals surface area contributed by atoms with Crippen molar-refractivity contribution in [1.29, 1.82) is 0 Å². The number of hydrogen-bond acceptors (Lipinski definition) is 3. The van der Waals surface area contributed by atoms with E-state index < -0.39 is 0 Å². The fourth-order valence-corrected chi connectivity index (χ4v) is 2.10. The third-order valence-electron chi connectivity index (χ3n) is 3.16. The van der Waals surface area contributed by atoms with E-state index in [1.807, 2.05) is 13.2 Å². The van der Waals surface area contributed by atoms with E-state index in [-0.39, 0.29) is 11.8 Å². The normalized spacial score (nSPS) is 10.8. The van der Waals surface area contributed by atoms with E-state index >= 15 is 0 Å². The van der Waals surface area contributed by atoms with Gasteiger partial charge in [-0.15, -0.1) is 0 Å². The van der Waals surface area contributed by atoms with E-state index in [0.29, 0.717) is 30.1 Å². The summed E-state index contributed by atoms with van der Waals surface area (Å²) in [6.07, 6.45) is 7.51. The average Bonchev–Trinajstić information content (AvgIpc) is 2.97. The van der Waals surface area contributed by atoms with E-state index in [9.17, 15) is 9.59 Å². The van der Waals surface area contributed by atoms with Gasteiger partial charge in [0, 0.05) is 48.6 Å². The molecule has 1 heterocycles. The number of aryl methyl sites for hydroxylation is 1. The van der Waals surface area contributed by atoms with Crippen LogP contribution in [0.1, 0.15) is 18.4 Å². The zero-order chi connectivity index (χ0) is 17.4. The quantitative estimate of drug-likeness (QED) is 0.597. The lowest BCUT2D eigenvalue weighted by molar-refractivity contribution is -0.118. The minimum Gasteiger partial charge on any atom is -0.353 e. The van der Waals surface area contributed by atoms with E-state index in [4.69, 9.17) is 11.6 Å². The van der Waals surface area contributed by atoms with Gasteiger partial charge in [-0.1, -0.05) is 11.6 Å². The summed E-state index contributed by atoms with van der Waals surface area (Å²) in [5.41, 5.74) is 1.56. The molecule has 0 fully saturated rings. The van der Waals surface area contributed by atoms with Crippen molar-refractivity contribution in [3.8, 4) is 0 Å². The molecule has 0 spiro atoms. The SMILES string of the molecule is Cn1cc(/C=C/C(=O)NCCCC(=O)Nc2ccc(Cl)cc2)cn1. The number of hydrogen-bond donors (Lipinski definition) is 2. The van der Waals surface area contributed by atoms with Crippen LogP contribution in [-0.2, 0) is 16.6 Å². The van der Waals surface area contributed by atoms with Crippen molar-refractivity contribution >= 4 is 35.2 Å². The number of aromatic nitrogens is 2. The van der Waals surface area contributed by atoms with E-state index in [0.717, 1.165) is 5.56 Å². The molecule has 0 aliphatic carbocycles. The molecule has 0 unspecified atom stereocenters. The van der Waals surface area contributed by atoms with Crippen LogP contribution in [0.5, 0.6) is 0 Å². The summed E-state index contributed by atoms with van der Waals surface area (Å²) in [7, 11) is 1.81. The van der Waals surface area contributed by atoms with E-state index in [1.165, 1.54) is 6.08 Å². The van der Waals surface area contributed by atoms with Crippen molar-refractivity contribution in [3.63, 3.8) is 0 Å². The standard InChI is InChI=1S/C17H19ClN4O2/c1-22-12-13(11-20-22)4-9-16(23)19-10-2-3-17(24)21-15-7-5-14(18)6-8-15/h4-9,11-12H,2-3,10H2,1H3,(H,19,23)(H,21,24)/b9-4+. The maximum absolute atomic E-state index is 11.8. The van der Waals surface area contributed by atoms with Gasteiger partial charge in [0.15, 0.2) is 0 Å². The Morgan fingerprint density at radius 3 is 2.71 bits per heavy atom. The van der Waals surface area contributed by atoms with Crippen LogP contribution in [0.4, 0.5) is 5.69 Å². The summed E-state index contributed by atoms with van der Waals surface area (Å²) in [5.74, 6) is -0.297. The van der Waals surface area contributed by atoms with Gasteiger partial charge in [-0.2, -0.15) is 5.10 Å². The Morgan fingerprint density at radius 1 is 1.29 bits per heavy atom. The van der Waals surface area contributed by atoms with Crippen LogP contribution in [0.15, 0.2) is 42.7 Å². The molecule has 7 heteroatoms. The van der Waals surface area contributed by atoms with Crippen molar-refractivity contribution in [1.82, 2.24) is 15.1 Å². The molecular weight excluding hydrogens is 328 g/mol. The highest BCUT2D eigenvalue weighted by Gasteiger charge is 2.03. The number of benzene rings is 1. The molecule has 2 N–H and O–H groups in total. The lowest BCUT2D eigenvalue weighted by atomic mass is 10.2. The molecule has 0 saturated carbocycles. The predicted octanol–water partition coefficient (Wildman–Crippen LogP) is 2.62. The first-order chi connectivity index (χ1) is 11.5. The van der Waals surface area contributed by atoms with Crippen LogP contribution >= 0.6 is 11.6 Å². The first-order valence-corrected chi connectivity index (χ1v) is 7.91. The maximum atomic E-state index is 11.8. The van der Waals surface area contributed by atoms with Gasteiger partial charge in [-0.05, 0) is 36.8 Å². The summed E-state index contributed by atoms with van der Waals surface area (Å²) >= 11 is 5.78. The molecule has 0 saturated heterocycles. The Kier molecular flexibility index (Phi) is 6.57. The Morgan fingerprint density at radius 2 is 2.04 bits per heavy atom. The van der Waals surface area contributed by atoms with Crippen molar-refractivity contribution < 1.29 is 9.59 Å². The van der Waals surface area contributed by atoms with Gasteiger partial charge in [0.05, 0.1) is 6.20 Å². The third kappa shape index (κ3) is 6.26.